The maximum absolute atomic E-state index is 7.00. The SMILES string of the molecule is CN/C=C\c1ccccc1OCCCNC(C)C.CO. The summed E-state index contributed by atoms with van der Waals surface area (Å²) in [5.41, 5.74) is 1.10. The number of ether oxygens (including phenoxy) is 1. The van der Waals surface area contributed by atoms with E-state index >= 15 is 0 Å². The van der Waals surface area contributed by atoms with Crippen LogP contribution in [-0.2, 0) is 0 Å². The molecule has 3 N–H and O–H groups in total. The van der Waals surface area contributed by atoms with Crippen LogP contribution in [0.1, 0.15) is 25.8 Å². The van der Waals surface area contributed by atoms with E-state index in [1.807, 2.05) is 37.5 Å². The Labute approximate surface area is 122 Å². The minimum Gasteiger partial charge on any atom is -0.493 e. The minimum absolute atomic E-state index is 0.538. The van der Waals surface area contributed by atoms with Gasteiger partial charge in [-0.25, -0.2) is 0 Å². The van der Waals surface area contributed by atoms with Crippen molar-refractivity contribution in [1.29, 1.82) is 0 Å². The first kappa shape index (κ1) is 18.5. The molecule has 1 rings (SSSR count). The van der Waals surface area contributed by atoms with Crippen molar-refractivity contribution in [3.05, 3.63) is 36.0 Å². The second-order valence-electron chi connectivity index (χ2n) is 4.47. The molecule has 114 valence electrons. The Balaban J connectivity index is 0.00000172. The number of benzene rings is 1. The van der Waals surface area contributed by atoms with Crippen LogP contribution in [0.4, 0.5) is 0 Å². The lowest BCUT2D eigenvalue weighted by Crippen LogP contribution is -2.24. The molecule has 0 aliphatic rings. The first-order valence-electron chi connectivity index (χ1n) is 6.97. The highest BCUT2D eigenvalue weighted by atomic mass is 16.5. The Morgan fingerprint density at radius 1 is 1.25 bits per heavy atom. The number of para-hydroxylation sites is 1. The van der Waals surface area contributed by atoms with Crippen molar-refractivity contribution >= 4 is 6.08 Å². The Morgan fingerprint density at radius 3 is 2.60 bits per heavy atom. The van der Waals surface area contributed by atoms with Gasteiger partial charge in [0.05, 0.1) is 6.61 Å². The molecule has 0 bridgehead atoms. The quantitative estimate of drug-likeness (QED) is 0.639. The van der Waals surface area contributed by atoms with E-state index in [9.17, 15) is 0 Å². The zero-order chi connectivity index (χ0) is 15.2. The van der Waals surface area contributed by atoms with E-state index in [4.69, 9.17) is 9.84 Å². The fourth-order valence-electron chi connectivity index (χ4n) is 1.57. The lowest BCUT2D eigenvalue weighted by atomic mass is 10.2. The van der Waals surface area contributed by atoms with Crippen molar-refractivity contribution in [2.75, 3.05) is 27.3 Å². The predicted octanol–water partition coefficient (Wildman–Crippen LogP) is 2.25. The summed E-state index contributed by atoms with van der Waals surface area (Å²) in [6.45, 7) is 6.04. The summed E-state index contributed by atoms with van der Waals surface area (Å²) in [4.78, 5) is 0. The lowest BCUT2D eigenvalue weighted by molar-refractivity contribution is 0.305. The fraction of sp³-hybridized carbons (Fsp3) is 0.500. The zero-order valence-electron chi connectivity index (χ0n) is 13.0. The van der Waals surface area contributed by atoms with Gasteiger partial charge >= 0.3 is 0 Å². The molecule has 0 radical (unpaired) electrons. The van der Waals surface area contributed by atoms with Crippen LogP contribution in [0.25, 0.3) is 6.08 Å². The Morgan fingerprint density at radius 2 is 1.95 bits per heavy atom. The van der Waals surface area contributed by atoms with E-state index in [2.05, 4.69) is 30.5 Å². The number of aliphatic hydroxyl groups excluding tert-OH is 1. The molecule has 1 aromatic carbocycles. The molecule has 0 saturated carbocycles. The van der Waals surface area contributed by atoms with E-state index in [-0.39, 0.29) is 0 Å². The summed E-state index contributed by atoms with van der Waals surface area (Å²) in [5, 5.41) is 13.4. The van der Waals surface area contributed by atoms with E-state index < -0.39 is 0 Å². The Hall–Kier alpha value is -1.52. The topological polar surface area (TPSA) is 53.5 Å². The van der Waals surface area contributed by atoms with Gasteiger partial charge in [0.1, 0.15) is 5.75 Å². The highest BCUT2D eigenvalue weighted by molar-refractivity contribution is 5.56. The van der Waals surface area contributed by atoms with Crippen LogP contribution in [0.3, 0.4) is 0 Å². The molecule has 20 heavy (non-hydrogen) atoms. The summed E-state index contributed by atoms with van der Waals surface area (Å²) in [7, 11) is 2.89. The second kappa shape index (κ2) is 12.5. The molecule has 1 aromatic rings. The molecule has 0 aliphatic carbocycles. The first-order chi connectivity index (χ1) is 9.74. The van der Waals surface area contributed by atoms with Gasteiger partial charge < -0.3 is 20.5 Å². The number of hydrogen-bond donors (Lipinski definition) is 3. The number of rotatable bonds is 8. The third-order valence-electron chi connectivity index (χ3n) is 2.48. The van der Waals surface area contributed by atoms with Gasteiger partial charge in [-0.15, -0.1) is 0 Å². The predicted molar refractivity (Wildman–Crippen MR) is 85.9 cm³/mol. The van der Waals surface area contributed by atoms with Crippen LogP contribution in [0.15, 0.2) is 30.5 Å². The molecule has 0 spiro atoms. The standard InChI is InChI=1S/C15H24N2O.CH4O/c1-13(2)17-10-6-12-18-15-8-5-4-7-14(15)9-11-16-3;1-2/h4-5,7-9,11,13,16-17H,6,10,12H2,1-3H3;2H,1H3/b11-9-;. The average Bonchev–Trinajstić information content (AvgIpc) is 2.47. The van der Waals surface area contributed by atoms with Crippen molar-refractivity contribution in [2.45, 2.75) is 26.3 Å². The maximum Gasteiger partial charge on any atom is 0.126 e. The number of nitrogens with one attached hydrogen (secondary N) is 2. The van der Waals surface area contributed by atoms with Gasteiger partial charge in [0.25, 0.3) is 0 Å². The van der Waals surface area contributed by atoms with Crippen LogP contribution >= 0.6 is 0 Å². The second-order valence-corrected chi connectivity index (χ2v) is 4.47. The third kappa shape index (κ3) is 8.56. The smallest absolute Gasteiger partial charge is 0.126 e. The van der Waals surface area contributed by atoms with Crippen LogP contribution in [0.2, 0.25) is 0 Å². The monoisotopic (exact) mass is 280 g/mol. The van der Waals surface area contributed by atoms with Crippen LogP contribution in [0.5, 0.6) is 5.75 Å². The molecule has 0 amide bonds. The van der Waals surface area contributed by atoms with Crippen molar-refractivity contribution in [3.8, 4) is 5.75 Å². The molecular formula is C16H28N2O2. The molecule has 0 fully saturated rings. The molecule has 0 heterocycles. The lowest BCUT2D eigenvalue weighted by Gasteiger charge is -2.11. The highest BCUT2D eigenvalue weighted by Gasteiger charge is 1.99. The van der Waals surface area contributed by atoms with Gasteiger partial charge in [-0.2, -0.15) is 0 Å². The molecule has 4 nitrogen and oxygen atoms in total. The molecule has 0 atom stereocenters. The first-order valence-corrected chi connectivity index (χ1v) is 6.97. The normalized spacial score (nSPS) is 10.3. The maximum atomic E-state index is 7.00. The van der Waals surface area contributed by atoms with E-state index in [0.717, 1.165) is 38.0 Å². The Kier molecular flexibility index (Phi) is 11.6. The third-order valence-corrected chi connectivity index (χ3v) is 2.48. The number of hydrogen-bond acceptors (Lipinski definition) is 4. The molecule has 0 aliphatic heterocycles. The molecule has 0 unspecified atom stereocenters. The van der Waals surface area contributed by atoms with Gasteiger partial charge in [0.2, 0.25) is 0 Å². The van der Waals surface area contributed by atoms with E-state index in [1.54, 1.807) is 0 Å². The van der Waals surface area contributed by atoms with Crippen LogP contribution in [-0.4, -0.2) is 38.5 Å². The van der Waals surface area contributed by atoms with Crippen molar-refractivity contribution in [3.63, 3.8) is 0 Å². The molecule has 0 saturated heterocycles. The summed E-state index contributed by atoms with van der Waals surface area (Å²) in [6.07, 6.45) is 4.94. The van der Waals surface area contributed by atoms with Gasteiger partial charge in [0, 0.05) is 25.8 Å². The fourth-order valence-corrected chi connectivity index (χ4v) is 1.57. The average molecular weight is 280 g/mol. The van der Waals surface area contributed by atoms with Crippen LogP contribution < -0.4 is 15.4 Å². The van der Waals surface area contributed by atoms with Crippen molar-refractivity contribution < 1.29 is 9.84 Å². The molecule has 4 heteroatoms. The van der Waals surface area contributed by atoms with Gasteiger partial charge in [-0.05, 0) is 31.3 Å². The minimum atomic E-state index is 0.538. The van der Waals surface area contributed by atoms with Gasteiger partial charge in [-0.3, -0.25) is 0 Å². The van der Waals surface area contributed by atoms with Crippen molar-refractivity contribution in [2.24, 2.45) is 0 Å². The zero-order valence-corrected chi connectivity index (χ0v) is 13.0. The summed E-state index contributed by atoms with van der Waals surface area (Å²) in [6, 6.07) is 8.61. The largest absolute Gasteiger partial charge is 0.493 e. The van der Waals surface area contributed by atoms with Gasteiger partial charge in [0.15, 0.2) is 0 Å². The summed E-state index contributed by atoms with van der Waals surface area (Å²) >= 11 is 0. The summed E-state index contributed by atoms with van der Waals surface area (Å²) < 4.78 is 5.80. The van der Waals surface area contributed by atoms with E-state index in [0.29, 0.717) is 6.04 Å². The van der Waals surface area contributed by atoms with Gasteiger partial charge in [-0.1, -0.05) is 32.0 Å². The highest BCUT2D eigenvalue weighted by Crippen LogP contribution is 2.19. The number of aliphatic hydroxyl groups is 1. The molecule has 0 aromatic heterocycles. The summed E-state index contributed by atoms with van der Waals surface area (Å²) in [5.74, 6) is 0.938. The van der Waals surface area contributed by atoms with Crippen LogP contribution in [0, 0.1) is 0 Å². The van der Waals surface area contributed by atoms with E-state index in [1.165, 1.54) is 0 Å². The Bertz CT molecular complexity index is 365. The van der Waals surface area contributed by atoms with Crippen molar-refractivity contribution in [1.82, 2.24) is 10.6 Å². The molecular weight excluding hydrogens is 252 g/mol.